The van der Waals surface area contributed by atoms with E-state index in [0.29, 0.717) is 17.3 Å². The van der Waals surface area contributed by atoms with E-state index in [4.69, 9.17) is 4.74 Å². The molecule has 0 unspecified atom stereocenters. The number of allylic oxidation sites excluding steroid dienone is 1. The van der Waals surface area contributed by atoms with E-state index in [1.54, 1.807) is 4.68 Å². The number of ether oxygens (including phenoxy) is 1. The number of aromatic nitrogens is 2. The van der Waals surface area contributed by atoms with Crippen LogP contribution in [0.4, 0.5) is 5.69 Å². The molecule has 0 atom stereocenters. The fraction of sp³-hybridized carbons (Fsp3) is 0.381. The average molecular weight is 367 g/mol. The molecule has 6 heteroatoms. The van der Waals surface area contributed by atoms with Gasteiger partial charge in [0.05, 0.1) is 22.8 Å². The van der Waals surface area contributed by atoms with Crippen molar-refractivity contribution in [1.82, 2.24) is 9.78 Å². The summed E-state index contributed by atoms with van der Waals surface area (Å²) in [6.07, 6.45) is 3.73. The van der Waals surface area contributed by atoms with Gasteiger partial charge in [0.1, 0.15) is 0 Å². The van der Waals surface area contributed by atoms with Crippen LogP contribution >= 0.6 is 0 Å². The molecule has 0 bridgehead atoms. The van der Waals surface area contributed by atoms with Crippen LogP contribution < -0.4 is 5.32 Å². The van der Waals surface area contributed by atoms with Crippen molar-refractivity contribution in [3.8, 4) is 5.69 Å². The van der Waals surface area contributed by atoms with Crippen molar-refractivity contribution >= 4 is 17.6 Å². The largest absolute Gasteiger partial charge is 0.452 e. The highest BCUT2D eigenvalue weighted by molar-refractivity contribution is 5.94. The maximum atomic E-state index is 12.2. The molecule has 0 radical (unpaired) electrons. The van der Waals surface area contributed by atoms with Gasteiger partial charge in [0, 0.05) is 6.08 Å². The average Bonchev–Trinajstić information content (AvgIpc) is 3.44. The molecule has 6 nitrogen and oxygen atoms in total. The first-order valence-electron chi connectivity index (χ1n) is 9.13. The lowest BCUT2D eigenvalue weighted by Crippen LogP contribution is -2.21. The zero-order chi connectivity index (χ0) is 19.6. The van der Waals surface area contributed by atoms with E-state index in [0.717, 1.165) is 29.8 Å². The SMILES string of the molecule is C/C(=C\C(=O)OCC(=O)Nc1c(C)nn(-c2ccc(C)cc2)c1C)C1CC1. The maximum Gasteiger partial charge on any atom is 0.331 e. The highest BCUT2D eigenvalue weighted by Crippen LogP contribution is 2.35. The number of aryl methyl sites for hydroxylation is 2. The van der Waals surface area contributed by atoms with Crippen molar-refractivity contribution in [2.75, 3.05) is 11.9 Å². The zero-order valence-electron chi connectivity index (χ0n) is 16.2. The van der Waals surface area contributed by atoms with Crippen molar-refractivity contribution in [2.24, 2.45) is 5.92 Å². The first-order valence-corrected chi connectivity index (χ1v) is 9.13. The molecule has 142 valence electrons. The molecule has 1 amide bonds. The molecule has 1 heterocycles. The minimum Gasteiger partial charge on any atom is -0.452 e. The topological polar surface area (TPSA) is 73.2 Å². The van der Waals surface area contributed by atoms with Gasteiger partial charge in [-0.2, -0.15) is 5.10 Å². The van der Waals surface area contributed by atoms with Gasteiger partial charge in [0.15, 0.2) is 6.61 Å². The van der Waals surface area contributed by atoms with Crippen LogP contribution in [0.5, 0.6) is 0 Å². The first kappa shape index (κ1) is 18.9. The fourth-order valence-electron chi connectivity index (χ4n) is 2.96. The van der Waals surface area contributed by atoms with E-state index in [-0.39, 0.29) is 12.5 Å². The van der Waals surface area contributed by atoms with E-state index < -0.39 is 5.97 Å². The molecule has 0 aliphatic heterocycles. The molecular weight excluding hydrogens is 342 g/mol. The number of nitrogens with one attached hydrogen (secondary N) is 1. The lowest BCUT2D eigenvalue weighted by Gasteiger charge is -2.08. The fourth-order valence-corrected chi connectivity index (χ4v) is 2.96. The Hall–Kier alpha value is -2.89. The van der Waals surface area contributed by atoms with Crippen LogP contribution in [-0.4, -0.2) is 28.3 Å². The van der Waals surface area contributed by atoms with Gasteiger partial charge in [-0.1, -0.05) is 23.3 Å². The lowest BCUT2D eigenvalue weighted by atomic mass is 10.2. The number of amides is 1. The molecule has 2 aromatic rings. The molecule has 1 aromatic carbocycles. The molecule has 1 aromatic heterocycles. The van der Waals surface area contributed by atoms with Gasteiger partial charge in [-0.05, 0) is 58.6 Å². The predicted octanol–water partition coefficient (Wildman–Crippen LogP) is 3.64. The number of hydrogen-bond acceptors (Lipinski definition) is 4. The molecule has 0 saturated heterocycles. The summed E-state index contributed by atoms with van der Waals surface area (Å²) < 4.78 is 6.84. The number of hydrogen-bond donors (Lipinski definition) is 1. The Labute approximate surface area is 159 Å². The van der Waals surface area contributed by atoms with E-state index >= 15 is 0 Å². The summed E-state index contributed by atoms with van der Waals surface area (Å²) in [5.41, 5.74) is 5.28. The minimum atomic E-state index is -0.474. The zero-order valence-corrected chi connectivity index (χ0v) is 16.2. The van der Waals surface area contributed by atoms with Gasteiger partial charge in [0.2, 0.25) is 0 Å². The molecule has 1 N–H and O–H groups in total. The molecule has 27 heavy (non-hydrogen) atoms. The van der Waals surface area contributed by atoms with Crippen LogP contribution in [0.2, 0.25) is 0 Å². The molecule has 3 rings (SSSR count). The van der Waals surface area contributed by atoms with Gasteiger partial charge in [-0.15, -0.1) is 0 Å². The standard InChI is InChI=1S/C21H25N3O3/c1-13-5-9-18(10-6-13)24-16(4)21(15(3)23-24)22-19(25)12-27-20(26)11-14(2)17-7-8-17/h5-6,9-11,17H,7-8,12H2,1-4H3,(H,22,25)/b14-11+. The summed E-state index contributed by atoms with van der Waals surface area (Å²) >= 11 is 0. The quantitative estimate of drug-likeness (QED) is 0.625. The van der Waals surface area contributed by atoms with E-state index in [1.165, 1.54) is 11.6 Å². The number of benzene rings is 1. The number of esters is 1. The monoisotopic (exact) mass is 367 g/mol. The second-order valence-corrected chi connectivity index (χ2v) is 7.11. The summed E-state index contributed by atoms with van der Waals surface area (Å²) in [6, 6.07) is 7.99. The van der Waals surface area contributed by atoms with Crippen LogP contribution in [0.25, 0.3) is 5.69 Å². The predicted molar refractivity (Wildman–Crippen MR) is 104 cm³/mol. The van der Waals surface area contributed by atoms with Crippen molar-refractivity contribution in [3.63, 3.8) is 0 Å². The smallest absolute Gasteiger partial charge is 0.331 e. The van der Waals surface area contributed by atoms with E-state index in [1.807, 2.05) is 52.0 Å². The van der Waals surface area contributed by atoms with Gasteiger partial charge in [0.25, 0.3) is 5.91 Å². The summed E-state index contributed by atoms with van der Waals surface area (Å²) in [4.78, 5) is 24.0. The normalized spacial score (nSPS) is 14.1. The number of nitrogens with zero attached hydrogens (tertiary/aromatic N) is 2. The maximum absolute atomic E-state index is 12.2. The molecule has 1 aliphatic rings. The molecule has 1 saturated carbocycles. The third kappa shape index (κ3) is 4.64. The summed E-state index contributed by atoms with van der Waals surface area (Å²) in [5.74, 6) is -0.349. The van der Waals surface area contributed by atoms with Gasteiger partial charge in [-0.25, -0.2) is 9.48 Å². The molecule has 1 fully saturated rings. The van der Waals surface area contributed by atoms with Crippen LogP contribution in [0.1, 0.15) is 36.7 Å². The highest BCUT2D eigenvalue weighted by atomic mass is 16.5. The minimum absolute atomic E-state index is 0.318. The highest BCUT2D eigenvalue weighted by Gasteiger charge is 2.23. The van der Waals surface area contributed by atoms with Crippen LogP contribution in [-0.2, 0) is 14.3 Å². The van der Waals surface area contributed by atoms with Gasteiger partial charge < -0.3 is 10.1 Å². The number of rotatable bonds is 6. The number of anilines is 1. The van der Waals surface area contributed by atoms with E-state index in [2.05, 4.69) is 10.4 Å². The molecular formula is C21H25N3O3. The summed E-state index contributed by atoms with van der Waals surface area (Å²) in [5, 5.41) is 7.31. The Morgan fingerprint density at radius 2 is 1.89 bits per heavy atom. The van der Waals surface area contributed by atoms with Crippen molar-refractivity contribution < 1.29 is 14.3 Å². The Bertz CT molecular complexity index is 890. The van der Waals surface area contributed by atoms with Gasteiger partial charge >= 0.3 is 5.97 Å². The van der Waals surface area contributed by atoms with Crippen LogP contribution in [0, 0.1) is 26.7 Å². The second kappa shape index (κ2) is 7.78. The summed E-state index contributed by atoms with van der Waals surface area (Å²) in [6.45, 7) is 7.36. The Morgan fingerprint density at radius 1 is 1.22 bits per heavy atom. The van der Waals surface area contributed by atoms with Crippen molar-refractivity contribution in [3.05, 3.63) is 52.9 Å². The van der Waals surface area contributed by atoms with Crippen LogP contribution in [0.3, 0.4) is 0 Å². The molecule has 1 aliphatic carbocycles. The third-order valence-corrected chi connectivity index (χ3v) is 4.75. The summed E-state index contributed by atoms with van der Waals surface area (Å²) in [7, 11) is 0. The van der Waals surface area contributed by atoms with Crippen molar-refractivity contribution in [2.45, 2.75) is 40.5 Å². The number of carbonyl (C=O) groups excluding carboxylic acids is 2. The van der Waals surface area contributed by atoms with Gasteiger partial charge in [-0.3, -0.25) is 4.79 Å². The lowest BCUT2D eigenvalue weighted by molar-refractivity contribution is -0.142. The van der Waals surface area contributed by atoms with E-state index in [9.17, 15) is 9.59 Å². The molecule has 0 spiro atoms. The number of carbonyl (C=O) groups is 2. The third-order valence-electron chi connectivity index (χ3n) is 4.75. The second-order valence-electron chi connectivity index (χ2n) is 7.11. The Kier molecular flexibility index (Phi) is 5.44. The Balaban J connectivity index is 1.63. The van der Waals surface area contributed by atoms with Crippen LogP contribution in [0.15, 0.2) is 35.9 Å². The first-order chi connectivity index (χ1) is 12.8. The Morgan fingerprint density at radius 3 is 2.52 bits per heavy atom. The van der Waals surface area contributed by atoms with Crippen molar-refractivity contribution in [1.29, 1.82) is 0 Å².